The first kappa shape index (κ1) is 15.6. The molecule has 0 fully saturated rings. The molecular formula is C18H18N4O3. The van der Waals surface area contributed by atoms with Gasteiger partial charge in [0.15, 0.2) is 5.78 Å². The van der Waals surface area contributed by atoms with Crippen LogP contribution in [0.4, 0.5) is 5.95 Å². The second-order valence-electron chi connectivity index (χ2n) is 6.30. The number of rotatable bonds is 2. The van der Waals surface area contributed by atoms with Gasteiger partial charge in [-0.3, -0.25) is 4.79 Å². The summed E-state index contributed by atoms with van der Waals surface area (Å²) in [6.45, 7) is 2.01. The number of allylic oxidation sites excluding steroid dienone is 2. The molecule has 1 unspecified atom stereocenters. The molecule has 0 spiro atoms. The smallest absolute Gasteiger partial charge is 0.378 e. The van der Waals surface area contributed by atoms with E-state index in [1.165, 1.54) is 7.11 Å². The first-order valence-corrected chi connectivity index (χ1v) is 8.23. The predicted octanol–water partition coefficient (Wildman–Crippen LogP) is 2.40. The van der Waals surface area contributed by atoms with Crippen LogP contribution in [0.3, 0.4) is 0 Å². The summed E-state index contributed by atoms with van der Waals surface area (Å²) in [5.74, 6) is -0.0513. The lowest BCUT2D eigenvalue weighted by Gasteiger charge is -2.32. The van der Waals surface area contributed by atoms with Crippen molar-refractivity contribution in [2.75, 3.05) is 12.4 Å². The van der Waals surface area contributed by atoms with E-state index in [4.69, 9.17) is 4.74 Å². The molecule has 25 heavy (non-hydrogen) atoms. The summed E-state index contributed by atoms with van der Waals surface area (Å²) < 4.78 is 6.33. The van der Waals surface area contributed by atoms with Crippen LogP contribution in [0.1, 0.15) is 47.1 Å². The molecular weight excluding hydrogens is 320 g/mol. The van der Waals surface area contributed by atoms with Crippen LogP contribution in [-0.4, -0.2) is 33.6 Å². The highest BCUT2D eigenvalue weighted by atomic mass is 16.5. The van der Waals surface area contributed by atoms with Crippen LogP contribution in [-0.2, 0) is 9.53 Å². The minimum Gasteiger partial charge on any atom is -0.463 e. The number of aryl methyl sites for hydroxylation is 1. The van der Waals surface area contributed by atoms with Crippen LogP contribution in [0.2, 0.25) is 0 Å². The van der Waals surface area contributed by atoms with Gasteiger partial charge in [0.25, 0.3) is 5.82 Å². The summed E-state index contributed by atoms with van der Waals surface area (Å²) in [6, 6.07) is 7.60. The molecule has 2 aliphatic rings. The zero-order valence-corrected chi connectivity index (χ0v) is 14.1. The number of ketones is 1. The summed E-state index contributed by atoms with van der Waals surface area (Å²) >= 11 is 0. The molecule has 4 rings (SSSR count). The van der Waals surface area contributed by atoms with E-state index in [-0.39, 0.29) is 17.6 Å². The number of carbonyl (C=O) groups is 2. The molecule has 0 radical (unpaired) electrons. The molecule has 7 nitrogen and oxygen atoms in total. The zero-order chi connectivity index (χ0) is 17.6. The lowest BCUT2D eigenvalue weighted by Crippen LogP contribution is -2.31. The van der Waals surface area contributed by atoms with Crippen LogP contribution < -0.4 is 5.32 Å². The standard InChI is InChI=1S/C18H18N4O3/c1-10-6-8-11(9-7-10)15-14-12(4-3-5-13(14)23)19-18-20-16(17(24)25-2)21-22(15)18/h6-9,15H,3-5H2,1-2H3,(H,19,20,21). The molecule has 128 valence electrons. The fraction of sp³-hybridized carbons (Fsp3) is 0.333. The van der Waals surface area contributed by atoms with Crippen LogP contribution in [0.15, 0.2) is 35.5 Å². The molecule has 1 aliphatic heterocycles. The normalized spacial score (nSPS) is 19.1. The van der Waals surface area contributed by atoms with Gasteiger partial charge in [0.05, 0.1) is 7.11 Å². The van der Waals surface area contributed by atoms with E-state index >= 15 is 0 Å². The molecule has 1 atom stereocenters. The Bertz CT molecular complexity index is 896. The number of anilines is 1. The molecule has 1 aromatic carbocycles. The lowest BCUT2D eigenvalue weighted by atomic mass is 9.85. The van der Waals surface area contributed by atoms with Gasteiger partial charge < -0.3 is 10.1 Å². The van der Waals surface area contributed by atoms with E-state index in [0.717, 1.165) is 29.7 Å². The Balaban J connectivity index is 1.89. The monoisotopic (exact) mass is 338 g/mol. The Hall–Kier alpha value is -2.96. The number of hydrogen-bond acceptors (Lipinski definition) is 6. The van der Waals surface area contributed by atoms with E-state index < -0.39 is 5.97 Å². The Morgan fingerprint density at radius 3 is 2.76 bits per heavy atom. The number of esters is 1. The van der Waals surface area contributed by atoms with E-state index in [1.807, 2.05) is 31.2 Å². The summed E-state index contributed by atoms with van der Waals surface area (Å²) in [7, 11) is 1.29. The van der Waals surface area contributed by atoms with Crippen molar-refractivity contribution in [1.29, 1.82) is 0 Å². The Morgan fingerprint density at radius 1 is 1.28 bits per heavy atom. The molecule has 2 heterocycles. The minimum atomic E-state index is -0.601. The number of Topliss-reactive ketones (excluding diaryl/α,β-unsaturated/α-hetero) is 1. The van der Waals surface area contributed by atoms with Crippen molar-refractivity contribution in [3.8, 4) is 0 Å². The quantitative estimate of drug-likeness (QED) is 0.846. The summed E-state index contributed by atoms with van der Waals surface area (Å²) in [4.78, 5) is 28.7. The number of nitrogens with zero attached hydrogens (tertiary/aromatic N) is 3. The van der Waals surface area contributed by atoms with E-state index in [0.29, 0.717) is 17.9 Å². The summed E-state index contributed by atoms with van der Waals surface area (Å²) in [5.41, 5.74) is 3.66. The molecule has 2 aromatic rings. The molecule has 0 bridgehead atoms. The van der Waals surface area contributed by atoms with Gasteiger partial charge in [-0.25, -0.2) is 9.48 Å². The SMILES string of the molecule is COC(=O)c1nc2n(n1)C(c1ccc(C)cc1)C1=C(CCCC1=O)N2. The third kappa shape index (κ3) is 2.52. The molecule has 0 saturated carbocycles. The van der Waals surface area contributed by atoms with E-state index in [2.05, 4.69) is 15.4 Å². The van der Waals surface area contributed by atoms with Gasteiger partial charge >= 0.3 is 5.97 Å². The molecule has 0 saturated heterocycles. The molecule has 1 N–H and O–H groups in total. The maximum absolute atomic E-state index is 12.6. The van der Waals surface area contributed by atoms with Crippen LogP contribution in [0.25, 0.3) is 0 Å². The van der Waals surface area contributed by atoms with Crippen molar-refractivity contribution in [1.82, 2.24) is 14.8 Å². The Kier molecular flexibility index (Phi) is 3.63. The second-order valence-corrected chi connectivity index (χ2v) is 6.30. The highest BCUT2D eigenvalue weighted by Gasteiger charge is 2.37. The van der Waals surface area contributed by atoms with Gasteiger partial charge in [-0.2, -0.15) is 4.98 Å². The maximum atomic E-state index is 12.6. The van der Waals surface area contributed by atoms with E-state index in [9.17, 15) is 9.59 Å². The third-order valence-electron chi connectivity index (χ3n) is 4.63. The molecule has 0 amide bonds. The third-order valence-corrected chi connectivity index (χ3v) is 4.63. The van der Waals surface area contributed by atoms with E-state index in [1.54, 1.807) is 4.68 Å². The number of hydrogen-bond donors (Lipinski definition) is 1. The molecule has 1 aromatic heterocycles. The van der Waals surface area contributed by atoms with Crippen molar-refractivity contribution >= 4 is 17.7 Å². The number of benzene rings is 1. The Morgan fingerprint density at radius 2 is 2.04 bits per heavy atom. The first-order valence-electron chi connectivity index (χ1n) is 8.23. The Labute approximate surface area is 144 Å². The summed E-state index contributed by atoms with van der Waals surface area (Å²) in [6.07, 6.45) is 2.11. The lowest BCUT2D eigenvalue weighted by molar-refractivity contribution is -0.116. The number of ether oxygens (including phenoxy) is 1. The number of nitrogens with one attached hydrogen (secondary N) is 1. The fourth-order valence-corrected chi connectivity index (χ4v) is 3.39. The average molecular weight is 338 g/mol. The van der Waals surface area contributed by atoms with Gasteiger partial charge in [-0.05, 0) is 25.3 Å². The number of carbonyl (C=O) groups excluding carboxylic acids is 2. The van der Waals surface area contributed by atoms with Gasteiger partial charge in [0.1, 0.15) is 6.04 Å². The number of methoxy groups -OCH3 is 1. The van der Waals surface area contributed by atoms with Crippen LogP contribution in [0, 0.1) is 6.92 Å². The number of fused-ring (bicyclic) bond motifs is 1. The highest BCUT2D eigenvalue weighted by Crippen LogP contribution is 2.39. The molecule has 1 aliphatic carbocycles. The minimum absolute atomic E-state index is 0.0191. The van der Waals surface area contributed by atoms with Crippen LogP contribution in [0.5, 0.6) is 0 Å². The average Bonchev–Trinajstić information content (AvgIpc) is 3.04. The van der Waals surface area contributed by atoms with Gasteiger partial charge in [0, 0.05) is 17.7 Å². The zero-order valence-electron chi connectivity index (χ0n) is 14.1. The highest BCUT2D eigenvalue weighted by molar-refractivity contribution is 5.99. The van der Waals surface area contributed by atoms with Crippen molar-refractivity contribution in [2.24, 2.45) is 0 Å². The predicted molar refractivity (Wildman–Crippen MR) is 90.2 cm³/mol. The topological polar surface area (TPSA) is 86.1 Å². The fourth-order valence-electron chi connectivity index (χ4n) is 3.39. The largest absolute Gasteiger partial charge is 0.463 e. The molecule has 7 heteroatoms. The van der Waals surface area contributed by atoms with Gasteiger partial charge in [-0.15, -0.1) is 5.10 Å². The maximum Gasteiger partial charge on any atom is 0.378 e. The van der Waals surface area contributed by atoms with Gasteiger partial charge in [-0.1, -0.05) is 29.8 Å². The number of aromatic nitrogens is 3. The van der Waals surface area contributed by atoms with Gasteiger partial charge in [0.2, 0.25) is 5.95 Å². The van der Waals surface area contributed by atoms with Crippen molar-refractivity contribution < 1.29 is 14.3 Å². The van der Waals surface area contributed by atoms with Crippen molar-refractivity contribution in [3.05, 3.63) is 52.5 Å². The van der Waals surface area contributed by atoms with Crippen LogP contribution >= 0.6 is 0 Å². The summed E-state index contributed by atoms with van der Waals surface area (Å²) in [5, 5.41) is 7.49. The first-order chi connectivity index (χ1) is 12.1. The second kappa shape index (κ2) is 5.84. The van der Waals surface area contributed by atoms with Crippen molar-refractivity contribution in [2.45, 2.75) is 32.2 Å². The van der Waals surface area contributed by atoms with Crippen molar-refractivity contribution in [3.63, 3.8) is 0 Å².